The van der Waals surface area contributed by atoms with Gasteiger partial charge in [-0.2, -0.15) is 0 Å². The standard InChI is InChI=1S/C26H39N3O/c1-4-7-10-13-24-21-27-26(28-24)22-30-25-14-11-12-23(15-16-25)17-20-29(18-8-5-2)19-9-6-3/h4,7,10-16,21,25H,5-6,8-9,17-20,22H2,1-3H3,(H,27,28)/b7-4-,13-10-. The van der Waals surface area contributed by atoms with Gasteiger partial charge in [-0.1, -0.05) is 75.3 Å². The summed E-state index contributed by atoms with van der Waals surface area (Å²) in [6, 6.07) is 0. The number of nitrogens with zero attached hydrogens (tertiary/aromatic N) is 2. The van der Waals surface area contributed by atoms with Crippen molar-refractivity contribution in [3.8, 4) is 0 Å². The van der Waals surface area contributed by atoms with Crippen molar-refractivity contribution >= 4 is 6.08 Å². The number of aromatic nitrogens is 2. The van der Waals surface area contributed by atoms with Crippen molar-refractivity contribution in [2.24, 2.45) is 0 Å². The molecular formula is C26H39N3O. The van der Waals surface area contributed by atoms with E-state index in [4.69, 9.17) is 4.74 Å². The lowest BCUT2D eigenvalue weighted by molar-refractivity contribution is 0.0970. The van der Waals surface area contributed by atoms with Gasteiger partial charge in [0, 0.05) is 6.54 Å². The molecule has 0 saturated heterocycles. The van der Waals surface area contributed by atoms with Crippen LogP contribution in [0.4, 0.5) is 0 Å². The van der Waals surface area contributed by atoms with Gasteiger partial charge in [0.05, 0.1) is 18.0 Å². The van der Waals surface area contributed by atoms with Gasteiger partial charge in [0.25, 0.3) is 0 Å². The molecule has 30 heavy (non-hydrogen) atoms. The van der Waals surface area contributed by atoms with Crippen LogP contribution in [-0.2, 0) is 11.3 Å². The molecule has 1 N–H and O–H groups in total. The van der Waals surface area contributed by atoms with Crippen molar-refractivity contribution in [3.63, 3.8) is 0 Å². The Labute approximate surface area is 183 Å². The van der Waals surface area contributed by atoms with E-state index in [9.17, 15) is 0 Å². The molecule has 1 atom stereocenters. The highest BCUT2D eigenvalue weighted by atomic mass is 16.5. The molecule has 164 valence electrons. The number of ether oxygens (including phenoxy) is 1. The molecule has 1 heterocycles. The van der Waals surface area contributed by atoms with Crippen LogP contribution >= 0.6 is 0 Å². The number of H-pyrrole nitrogens is 1. The maximum Gasteiger partial charge on any atom is 0.132 e. The second-order valence-corrected chi connectivity index (χ2v) is 7.73. The zero-order valence-electron chi connectivity index (χ0n) is 19.0. The molecule has 0 aliphatic heterocycles. The summed E-state index contributed by atoms with van der Waals surface area (Å²) in [6.45, 7) is 10.6. The predicted octanol–water partition coefficient (Wildman–Crippen LogP) is 6.23. The van der Waals surface area contributed by atoms with Crippen molar-refractivity contribution in [1.82, 2.24) is 14.9 Å². The van der Waals surface area contributed by atoms with Gasteiger partial charge in [0.15, 0.2) is 0 Å². The van der Waals surface area contributed by atoms with Gasteiger partial charge in [0.1, 0.15) is 12.4 Å². The molecule has 4 nitrogen and oxygen atoms in total. The Morgan fingerprint density at radius 3 is 2.63 bits per heavy atom. The highest BCUT2D eigenvalue weighted by Gasteiger charge is 2.08. The van der Waals surface area contributed by atoms with Crippen molar-refractivity contribution < 1.29 is 4.74 Å². The summed E-state index contributed by atoms with van der Waals surface area (Å²) in [5.74, 6) is 0.844. The molecular weight excluding hydrogens is 370 g/mol. The Morgan fingerprint density at radius 1 is 1.10 bits per heavy atom. The average molecular weight is 410 g/mol. The van der Waals surface area contributed by atoms with Gasteiger partial charge in [-0.25, -0.2) is 4.98 Å². The Morgan fingerprint density at radius 2 is 1.90 bits per heavy atom. The first-order valence-electron chi connectivity index (χ1n) is 11.5. The highest BCUT2D eigenvalue weighted by molar-refractivity contribution is 5.45. The smallest absolute Gasteiger partial charge is 0.132 e. The lowest BCUT2D eigenvalue weighted by Gasteiger charge is -2.22. The number of hydrogen-bond acceptors (Lipinski definition) is 3. The molecule has 2 rings (SSSR count). The zero-order valence-corrected chi connectivity index (χ0v) is 19.0. The highest BCUT2D eigenvalue weighted by Crippen LogP contribution is 2.14. The third kappa shape index (κ3) is 9.55. The summed E-state index contributed by atoms with van der Waals surface area (Å²) in [5.41, 5.74) is 2.35. The van der Waals surface area contributed by atoms with E-state index in [1.165, 1.54) is 44.3 Å². The van der Waals surface area contributed by atoms with Gasteiger partial charge in [-0.05, 0) is 50.9 Å². The molecule has 1 aromatic rings. The Hall–Kier alpha value is -2.17. The van der Waals surface area contributed by atoms with Gasteiger partial charge in [-0.3, -0.25) is 0 Å². The van der Waals surface area contributed by atoms with E-state index in [0.29, 0.717) is 6.61 Å². The van der Waals surface area contributed by atoms with Crippen molar-refractivity contribution in [1.29, 1.82) is 0 Å². The summed E-state index contributed by atoms with van der Waals surface area (Å²) in [4.78, 5) is 10.3. The lowest BCUT2D eigenvalue weighted by Crippen LogP contribution is -2.27. The number of aromatic amines is 1. The van der Waals surface area contributed by atoms with Crippen LogP contribution in [0.2, 0.25) is 0 Å². The van der Waals surface area contributed by atoms with Crippen LogP contribution < -0.4 is 0 Å². The van der Waals surface area contributed by atoms with Crippen LogP contribution in [0.3, 0.4) is 0 Å². The van der Waals surface area contributed by atoms with E-state index in [1.807, 2.05) is 37.4 Å². The first-order valence-corrected chi connectivity index (χ1v) is 11.5. The Kier molecular flexibility index (Phi) is 11.9. The first kappa shape index (κ1) is 24.1. The zero-order chi connectivity index (χ0) is 21.4. The van der Waals surface area contributed by atoms with Crippen LogP contribution in [0, 0.1) is 0 Å². The minimum Gasteiger partial charge on any atom is -0.362 e. The maximum absolute atomic E-state index is 6.02. The van der Waals surface area contributed by atoms with Gasteiger partial charge >= 0.3 is 0 Å². The van der Waals surface area contributed by atoms with Crippen LogP contribution in [0.1, 0.15) is 64.4 Å². The molecule has 0 bridgehead atoms. The summed E-state index contributed by atoms with van der Waals surface area (Å²) in [7, 11) is 0. The van der Waals surface area contributed by atoms with Crippen LogP contribution in [0.25, 0.3) is 6.08 Å². The van der Waals surface area contributed by atoms with Crippen LogP contribution in [0.15, 0.2) is 60.4 Å². The van der Waals surface area contributed by atoms with E-state index in [1.54, 1.807) is 0 Å². The fraction of sp³-hybridized carbons (Fsp3) is 0.500. The molecule has 1 aliphatic rings. The lowest BCUT2D eigenvalue weighted by atomic mass is 10.1. The molecule has 0 amide bonds. The molecule has 4 heteroatoms. The number of unbranched alkanes of at least 4 members (excludes halogenated alkanes) is 2. The summed E-state index contributed by atoms with van der Waals surface area (Å²) >= 11 is 0. The van der Waals surface area contributed by atoms with Gasteiger partial charge in [0.2, 0.25) is 0 Å². The predicted molar refractivity (Wildman–Crippen MR) is 128 cm³/mol. The minimum atomic E-state index is -0.0258. The van der Waals surface area contributed by atoms with E-state index < -0.39 is 0 Å². The third-order valence-corrected chi connectivity index (χ3v) is 5.12. The third-order valence-electron chi connectivity index (χ3n) is 5.12. The second kappa shape index (κ2) is 14.8. The van der Waals surface area contributed by atoms with Crippen molar-refractivity contribution in [2.75, 3.05) is 19.6 Å². The number of hydrogen-bond donors (Lipinski definition) is 1. The Balaban J connectivity index is 1.78. The van der Waals surface area contributed by atoms with Gasteiger partial charge < -0.3 is 14.6 Å². The molecule has 0 aromatic carbocycles. The summed E-state index contributed by atoms with van der Waals surface area (Å²) in [5, 5.41) is 0. The van der Waals surface area contributed by atoms with Crippen molar-refractivity contribution in [2.45, 2.75) is 65.6 Å². The summed E-state index contributed by atoms with van der Waals surface area (Å²) < 4.78 is 6.02. The second-order valence-electron chi connectivity index (χ2n) is 7.73. The van der Waals surface area contributed by atoms with E-state index in [-0.39, 0.29) is 6.10 Å². The Bertz CT molecular complexity index is 731. The molecule has 1 aliphatic carbocycles. The van der Waals surface area contributed by atoms with Gasteiger partial charge in [-0.15, -0.1) is 0 Å². The van der Waals surface area contributed by atoms with E-state index in [2.05, 4.69) is 59.1 Å². The number of imidazole rings is 1. The molecule has 1 unspecified atom stereocenters. The summed E-state index contributed by atoms with van der Waals surface area (Å²) in [6.07, 6.45) is 26.8. The SMILES string of the molecule is C/C=C\C=C/c1cnc(COC2C=CC=C(CCN(CCCC)CCCC)C=C2)[nH]1. The average Bonchev–Trinajstić information content (AvgIpc) is 3.09. The van der Waals surface area contributed by atoms with Crippen LogP contribution in [0.5, 0.6) is 0 Å². The van der Waals surface area contributed by atoms with E-state index in [0.717, 1.165) is 24.5 Å². The topological polar surface area (TPSA) is 41.1 Å². The largest absolute Gasteiger partial charge is 0.362 e. The van der Waals surface area contributed by atoms with Crippen LogP contribution in [-0.4, -0.2) is 40.6 Å². The number of rotatable bonds is 14. The fourth-order valence-electron chi connectivity index (χ4n) is 3.27. The number of allylic oxidation sites excluding steroid dienone is 6. The molecule has 0 radical (unpaired) electrons. The molecule has 0 fully saturated rings. The normalized spacial score (nSPS) is 16.8. The molecule has 1 aromatic heterocycles. The molecule has 0 saturated carbocycles. The molecule has 0 spiro atoms. The monoisotopic (exact) mass is 409 g/mol. The minimum absolute atomic E-state index is 0.0258. The number of nitrogens with one attached hydrogen (secondary N) is 1. The maximum atomic E-state index is 6.02. The quantitative estimate of drug-likeness (QED) is 0.370. The first-order chi connectivity index (χ1) is 14.7. The fourth-order valence-corrected chi connectivity index (χ4v) is 3.27. The van der Waals surface area contributed by atoms with E-state index >= 15 is 0 Å². The van der Waals surface area contributed by atoms with Crippen molar-refractivity contribution in [3.05, 3.63) is 71.9 Å².